The van der Waals surface area contributed by atoms with E-state index in [0.29, 0.717) is 12.5 Å². The van der Waals surface area contributed by atoms with E-state index in [1.165, 1.54) is 21.7 Å². The average molecular weight is 253 g/mol. The van der Waals surface area contributed by atoms with Crippen LogP contribution in [0.3, 0.4) is 0 Å². The van der Waals surface area contributed by atoms with Crippen molar-refractivity contribution in [2.75, 3.05) is 0 Å². The fourth-order valence-electron chi connectivity index (χ4n) is 2.72. The Kier molecular flexibility index (Phi) is 3.03. The van der Waals surface area contributed by atoms with E-state index in [2.05, 4.69) is 50.2 Å². The second kappa shape index (κ2) is 4.71. The smallest absolute Gasteiger partial charge is 0.142 e. The molecule has 2 N–H and O–H groups in total. The van der Waals surface area contributed by atoms with Crippen molar-refractivity contribution in [2.24, 2.45) is 11.7 Å². The predicted molar refractivity (Wildman–Crippen MR) is 80.2 cm³/mol. The minimum Gasteiger partial charge on any atom is -0.459 e. The van der Waals surface area contributed by atoms with Crippen LogP contribution in [-0.2, 0) is 13.0 Å². The predicted octanol–water partition coefficient (Wildman–Crippen LogP) is 4.24. The number of benzene rings is 2. The van der Waals surface area contributed by atoms with E-state index < -0.39 is 0 Å². The van der Waals surface area contributed by atoms with Crippen molar-refractivity contribution < 1.29 is 4.42 Å². The van der Waals surface area contributed by atoms with Crippen LogP contribution in [0.5, 0.6) is 0 Å². The Balaban J connectivity index is 2.33. The Bertz CT molecular complexity index is 725. The third-order valence-electron chi connectivity index (χ3n) is 3.56. The molecule has 0 radical (unpaired) electrons. The minimum atomic E-state index is 0.463. The quantitative estimate of drug-likeness (QED) is 0.758. The molecular weight excluding hydrogens is 234 g/mol. The molecule has 0 aliphatic carbocycles. The highest BCUT2D eigenvalue weighted by molar-refractivity contribution is 6.05. The van der Waals surface area contributed by atoms with Crippen LogP contribution < -0.4 is 5.73 Å². The number of rotatable bonds is 3. The highest BCUT2D eigenvalue weighted by atomic mass is 16.3. The number of hydrogen-bond acceptors (Lipinski definition) is 2. The van der Waals surface area contributed by atoms with Crippen LogP contribution in [0.4, 0.5) is 0 Å². The summed E-state index contributed by atoms with van der Waals surface area (Å²) in [5.74, 6) is 1.53. The zero-order chi connectivity index (χ0) is 13.4. The average Bonchev–Trinajstić information content (AvgIpc) is 2.76. The van der Waals surface area contributed by atoms with E-state index in [0.717, 1.165) is 17.8 Å². The van der Waals surface area contributed by atoms with Crippen LogP contribution in [0.15, 0.2) is 40.8 Å². The SMILES string of the molecule is CC(C)Cc1c(CN)oc2c1ccc1ccccc12. The molecule has 0 aliphatic rings. The first-order valence-corrected chi connectivity index (χ1v) is 6.82. The molecule has 3 rings (SSSR count). The van der Waals surface area contributed by atoms with E-state index in [9.17, 15) is 0 Å². The summed E-state index contributed by atoms with van der Waals surface area (Å²) in [7, 11) is 0. The van der Waals surface area contributed by atoms with Gasteiger partial charge < -0.3 is 10.2 Å². The first-order valence-electron chi connectivity index (χ1n) is 6.82. The Labute approximate surface area is 113 Å². The molecule has 0 saturated heterocycles. The van der Waals surface area contributed by atoms with Crippen molar-refractivity contribution in [2.45, 2.75) is 26.8 Å². The fraction of sp³-hybridized carbons (Fsp3) is 0.294. The first kappa shape index (κ1) is 12.2. The molecule has 0 atom stereocenters. The highest BCUT2D eigenvalue weighted by Crippen LogP contribution is 2.33. The molecular formula is C17H19NO. The lowest BCUT2D eigenvalue weighted by molar-refractivity contribution is 0.537. The summed E-state index contributed by atoms with van der Waals surface area (Å²) in [5, 5.41) is 3.60. The fourth-order valence-corrected chi connectivity index (χ4v) is 2.72. The molecule has 2 nitrogen and oxygen atoms in total. The summed E-state index contributed by atoms with van der Waals surface area (Å²) in [5.41, 5.74) is 8.10. The van der Waals surface area contributed by atoms with Gasteiger partial charge in [0, 0.05) is 16.3 Å². The molecule has 0 bridgehead atoms. The van der Waals surface area contributed by atoms with Crippen LogP contribution in [0.2, 0.25) is 0 Å². The maximum absolute atomic E-state index is 6.04. The van der Waals surface area contributed by atoms with Crippen molar-refractivity contribution in [3.8, 4) is 0 Å². The highest BCUT2D eigenvalue weighted by Gasteiger charge is 2.15. The largest absolute Gasteiger partial charge is 0.459 e. The molecule has 1 heterocycles. The molecule has 0 aliphatic heterocycles. The van der Waals surface area contributed by atoms with Crippen molar-refractivity contribution in [3.05, 3.63) is 47.7 Å². The Morgan fingerprint density at radius 2 is 1.84 bits per heavy atom. The topological polar surface area (TPSA) is 39.2 Å². The van der Waals surface area contributed by atoms with E-state index in [4.69, 9.17) is 10.2 Å². The third kappa shape index (κ3) is 2.02. The van der Waals surface area contributed by atoms with Crippen molar-refractivity contribution >= 4 is 21.7 Å². The Hall–Kier alpha value is -1.80. The molecule has 98 valence electrons. The van der Waals surface area contributed by atoms with Gasteiger partial charge in [-0.2, -0.15) is 0 Å². The molecule has 2 heteroatoms. The van der Waals surface area contributed by atoms with Crippen LogP contribution in [-0.4, -0.2) is 0 Å². The standard InChI is InChI=1S/C17H19NO/c1-11(2)9-15-14-8-7-12-5-3-4-6-13(12)17(14)19-16(15)10-18/h3-8,11H,9-10,18H2,1-2H3. The monoisotopic (exact) mass is 253 g/mol. The summed E-state index contributed by atoms with van der Waals surface area (Å²) < 4.78 is 6.04. The van der Waals surface area contributed by atoms with Gasteiger partial charge in [0.1, 0.15) is 11.3 Å². The lowest BCUT2D eigenvalue weighted by Gasteiger charge is -2.04. The molecule has 0 amide bonds. The summed E-state index contributed by atoms with van der Waals surface area (Å²) in [6.07, 6.45) is 1.01. The number of furan rings is 1. The van der Waals surface area contributed by atoms with E-state index in [1.807, 2.05) is 0 Å². The molecule has 0 fully saturated rings. The Morgan fingerprint density at radius 1 is 1.05 bits per heavy atom. The summed E-state index contributed by atoms with van der Waals surface area (Å²) in [6, 6.07) is 12.7. The first-order chi connectivity index (χ1) is 9.20. The zero-order valence-corrected chi connectivity index (χ0v) is 11.4. The molecule has 19 heavy (non-hydrogen) atoms. The molecule has 3 aromatic rings. The van der Waals surface area contributed by atoms with E-state index in [1.54, 1.807) is 0 Å². The number of fused-ring (bicyclic) bond motifs is 3. The van der Waals surface area contributed by atoms with Gasteiger partial charge in [-0.3, -0.25) is 0 Å². The van der Waals surface area contributed by atoms with Gasteiger partial charge in [0.2, 0.25) is 0 Å². The van der Waals surface area contributed by atoms with Crippen LogP contribution in [0, 0.1) is 5.92 Å². The maximum Gasteiger partial charge on any atom is 0.142 e. The van der Waals surface area contributed by atoms with E-state index >= 15 is 0 Å². The van der Waals surface area contributed by atoms with Gasteiger partial charge in [-0.15, -0.1) is 0 Å². The van der Waals surface area contributed by atoms with Gasteiger partial charge >= 0.3 is 0 Å². The summed E-state index contributed by atoms with van der Waals surface area (Å²) in [6.45, 7) is 4.91. The second-order valence-corrected chi connectivity index (χ2v) is 5.47. The lowest BCUT2D eigenvalue weighted by Crippen LogP contribution is -2.01. The number of nitrogens with two attached hydrogens (primary N) is 1. The zero-order valence-electron chi connectivity index (χ0n) is 11.4. The van der Waals surface area contributed by atoms with Crippen LogP contribution in [0.25, 0.3) is 21.7 Å². The molecule has 0 unspecified atom stereocenters. The summed E-state index contributed by atoms with van der Waals surface area (Å²) >= 11 is 0. The van der Waals surface area contributed by atoms with Gasteiger partial charge in [0.05, 0.1) is 6.54 Å². The van der Waals surface area contributed by atoms with Crippen LogP contribution >= 0.6 is 0 Å². The maximum atomic E-state index is 6.04. The van der Waals surface area contributed by atoms with Gasteiger partial charge in [-0.05, 0) is 17.7 Å². The van der Waals surface area contributed by atoms with Crippen molar-refractivity contribution in [1.29, 1.82) is 0 Å². The second-order valence-electron chi connectivity index (χ2n) is 5.47. The van der Waals surface area contributed by atoms with Gasteiger partial charge in [-0.1, -0.05) is 50.2 Å². The summed E-state index contributed by atoms with van der Waals surface area (Å²) in [4.78, 5) is 0. The molecule has 2 aromatic carbocycles. The van der Waals surface area contributed by atoms with Crippen molar-refractivity contribution in [1.82, 2.24) is 0 Å². The number of hydrogen-bond donors (Lipinski definition) is 1. The molecule has 0 saturated carbocycles. The molecule has 1 aromatic heterocycles. The van der Waals surface area contributed by atoms with E-state index in [-0.39, 0.29) is 0 Å². The third-order valence-corrected chi connectivity index (χ3v) is 3.56. The molecule has 0 spiro atoms. The minimum absolute atomic E-state index is 0.463. The lowest BCUT2D eigenvalue weighted by atomic mass is 9.98. The Morgan fingerprint density at radius 3 is 2.58 bits per heavy atom. The van der Waals surface area contributed by atoms with Crippen molar-refractivity contribution in [3.63, 3.8) is 0 Å². The van der Waals surface area contributed by atoms with Gasteiger partial charge in [-0.25, -0.2) is 0 Å². The normalized spacial score (nSPS) is 11.8. The van der Waals surface area contributed by atoms with Gasteiger partial charge in [0.15, 0.2) is 0 Å². The van der Waals surface area contributed by atoms with Gasteiger partial charge in [0.25, 0.3) is 0 Å². The van der Waals surface area contributed by atoms with Crippen LogP contribution in [0.1, 0.15) is 25.2 Å².